The zero-order valence-corrected chi connectivity index (χ0v) is 14.5. The fraction of sp³-hybridized carbons (Fsp3) is 0.579. The molecular weight excluding hydrogens is 316 g/mol. The predicted molar refractivity (Wildman–Crippen MR) is 95.0 cm³/mol. The van der Waals surface area contributed by atoms with Crippen LogP contribution >= 0.6 is 0 Å². The first-order valence-electron chi connectivity index (χ1n) is 9.23. The van der Waals surface area contributed by atoms with Crippen molar-refractivity contribution >= 4 is 11.9 Å². The second-order valence-corrected chi connectivity index (χ2v) is 7.65. The van der Waals surface area contributed by atoms with Crippen LogP contribution in [0.1, 0.15) is 24.0 Å². The Balaban J connectivity index is 1.43. The van der Waals surface area contributed by atoms with Crippen LogP contribution in [0.15, 0.2) is 24.3 Å². The van der Waals surface area contributed by atoms with E-state index in [4.69, 9.17) is 5.73 Å². The molecule has 134 valence electrons. The Bertz CT molecular complexity index is 652. The van der Waals surface area contributed by atoms with E-state index in [9.17, 15) is 9.59 Å². The summed E-state index contributed by atoms with van der Waals surface area (Å²) >= 11 is 0. The van der Waals surface area contributed by atoms with E-state index in [2.05, 4.69) is 34.5 Å². The van der Waals surface area contributed by atoms with Crippen LogP contribution in [-0.4, -0.2) is 60.0 Å². The lowest BCUT2D eigenvalue weighted by atomic mass is 9.95. The van der Waals surface area contributed by atoms with Crippen molar-refractivity contribution in [2.75, 3.05) is 26.2 Å². The van der Waals surface area contributed by atoms with Crippen LogP contribution in [0.25, 0.3) is 0 Å². The minimum atomic E-state index is -0.640. The summed E-state index contributed by atoms with van der Waals surface area (Å²) < 4.78 is 0. The van der Waals surface area contributed by atoms with E-state index in [-0.39, 0.29) is 18.5 Å². The molecule has 2 bridgehead atoms. The number of benzene rings is 1. The Labute approximate surface area is 148 Å². The molecule has 1 aliphatic carbocycles. The number of piperidine rings is 1. The number of carbonyl (C=O) groups is 2. The van der Waals surface area contributed by atoms with Gasteiger partial charge in [-0.3, -0.25) is 9.69 Å². The Kier molecular flexibility index (Phi) is 4.37. The lowest BCUT2D eigenvalue weighted by molar-refractivity contribution is -0.134. The van der Waals surface area contributed by atoms with Crippen LogP contribution in [0.5, 0.6) is 0 Å². The highest BCUT2D eigenvalue weighted by Crippen LogP contribution is 2.32. The van der Waals surface area contributed by atoms with Crippen molar-refractivity contribution in [1.82, 2.24) is 15.1 Å². The number of rotatable bonds is 3. The van der Waals surface area contributed by atoms with E-state index >= 15 is 0 Å². The van der Waals surface area contributed by atoms with Crippen molar-refractivity contribution in [3.05, 3.63) is 35.4 Å². The lowest BCUT2D eigenvalue weighted by Crippen LogP contribution is -2.51. The Morgan fingerprint density at radius 1 is 1.04 bits per heavy atom. The lowest BCUT2D eigenvalue weighted by Gasteiger charge is -2.36. The molecule has 3 amide bonds. The van der Waals surface area contributed by atoms with E-state index in [1.807, 2.05) is 4.90 Å². The molecule has 2 atom stereocenters. The van der Waals surface area contributed by atoms with Crippen LogP contribution in [0.4, 0.5) is 4.79 Å². The number of hydrogen-bond donors (Lipinski definition) is 2. The van der Waals surface area contributed by atoms with Gasteiger partial charge in [0.2, 0.25) is 5.91 Å². The number of nitrogens with two attached hydrogens (primary N) is 1. The highest BCUT2D eigenvalue weighted by Gasteiger charge is 2.40. The Morgan fingerprint density at radius 3 is 2.44 bits per heavy atom. The molecule has 3 saturated heterocycles. The number of fused-ring (bicyclic) bond motifs is 5. The highest BCUT2D eigenvalue weighted by atomic mass is 16.2. The van der Waals surface area contributed by atoms with E-state index in [0.29, 0.717) is 12.0 Å². The number of carbonyl (C=O) groups excluding carboxylic acids is 2. The van der Waals surface area contributed by atoms with Gasteiger partial charge in [-0.05, 0) is 42.7 Å². The van der Waals surface area contributed by atoms with Crippen molar-refractivity contribution in [3.8, 4) is 0 Å². The molecule has 1 aromatic rings. The average Bonchev–Trinajstić information content (AvgIpc) is 2.82. The zero-order valence-electron chi connectivity index (χ0n) is 14.5. The Hall–Kier alpha value is -2.08. The number of hydrogen-bond acceptors (Lipinski definition) is 3. The molecule has 0 spiro atoms. The molecule has 6 nitrogen and oxygen atoms in total. The summed E-state index contributed by atoms with van der Waals surface area (Å²) in [7, 11) is 0. The fourth-order valence-corrected chi connectivity index (χ4v) is 4.78. The average molecular weight is 342 g/mol. The van der Waals surface area contributed by atoms with Crippen LogP contribution in [0.2, 0.25) is 0 Å². The van der Waals surface area contributed by atoms with Gasteiger partial charge in [0.05, 0.1) is 6.54 Å². The van der Waals surface area contributed by atoms with Crippen molar-refractivity contribution in [1.29, 1.82) is 0 Å². The summed E-state index contributed by atoms with van der Waals surface area (Å²) in [4.78, 5) is 28.0. The molecule has 3 heterocycles. The standard InChI is InChI=1S/C19H26N4O2/c20-19(25)21-9-18(24)23-11-13-5-6-16(23)12-22(10-13)17-7-14-3-1-2-4-15(14)8-17/h1-4,13,16-17H,5-12H2,(H3,20,21,25)/t13-,16+/m1/s1. The first kappa shape index (κ1) is 16.4. The van der Waals surface area contributed by atoms with E-state index in [1.165, 1.54) is 17.5 Å². The van der Waals surface area contributed by atoms with E-state index in [1.54, 1.807) is 0 Å². The molecule has 3 aliphatic heterocycles. The largest absolute Gasteiger partial charge is 0.352 e. The molecule has 3 N–H and O–H groups in total. The minimum Gasteiger partial charge on any atom is -0.352 e. The summed E-state index contributed by atoms with van der Waals surface area (Å²) in [5.74, 6) is 0.519. The number of nitrogens with zero attached hydrogens (tertiary/aromatic N) is 2. The van der Waals surface area contributed by atoms with Crippen molar-refractivity contribution in [3.63, 3.8) is 0 Å². The van der Waals surface area contributed by atoms with E-state index in [0.717, 1.165) is 38.9 Å². The van der Waals surface area contributed by atoms with Crippen LogP contribution in [-0.2, 0) is 17.6 Å². The predicted octanol–water partition coefficient (Wildman–Crippen LogP) is 0.745. The summed E-state index contributed by atoms with van der Waals surface area (Å²) in [5.41, 5.74) is 8.04. The summed E-state index contributed by atoms with van der Waals surface area (Å²) in [6.07, 6.45) is 4.48. The van der Waals surface area contributed by atoms with Gasteiger partial charge in [0, 0.05) is 31.7 Å². The molecule has 0 aromatic heterocycles. The minimum absolute atomic E-state index is 0.00736. The summed E-state index contributed by atoms with van der Waals surface area (Å²) in [6, 6.07) is 8.90. The second-order valence-electron chi connectivity index (χ2n) is 7.65. The van der Waals surface area contributed by atoms with Gasteiger partial charge in [0.1, 0.15) is 0 Å². The number of primary amides is 1. The van der Waals surface area contributed by atoms with Crippen LogP contribution in [0.3, 0.4) is 0 Å². The maximum Gasteiger partial charge on any atom is 0.312 e. The van der Waals surface area contributed by atoms with Crippen molar-refractivity contribution in [2.24, 2.45) is 11.7 Å². The maximum absolute atomic E-state index is 12.5. The SMILES string of the molecule is NC(=O)NCC(=O)N1C[C@@H]2CC[C@H]1CN(C1Cc3ccccc3C1)C2. The molecule has 5 rings (SSSR count). The van der Waals surface area contributed by atoms with Gasteiger partial charge in [0.15, 0.2) is 0 Å². The van der Waals surface area contributed by atoms with Crippen LogP contribution in [0, 0.1) is 5.92 Å². The first-order chi connectivity index (χ1) is 12.1. The number of nitrogens with one attached hydrogen (secondary N) is 1. The zero-order chi connectivity index (χ0) is 17.4. The van der Waals surface area contributed by atoms with Gasteiger partial charge < -0.3 is 16.0 Å². The molecule has 3 fully saturated rings. The van der Waals surface area contributed by atoms with Gasteiger partial charge in [-0.2, -0.15) is 0 Å². The van der Waals surface area contributed by atoms with Gasteiger partial charge in [-0.15, -0.1) is 0 Å². The fourth-order valence-electron chi connectivity index (χ4n) is 4.78. The van der Waals surface area contributed by atoms with E-state index < -0.39 is 6.03 Å². The second kappa shape index (κ2) is 6.67. The van der Waals surface area contributed by atoms with Crippen LogP contribution < -0.4 is 11.1 Å². The molecule has 25 heavy (non-hydrogen) atoms. The van der Waals surface area contributed by atoms with Crippen molar-refractivity contribution < 1.29 is 9.59 Å². The van der Waals surface area contributed by atoms with Gasteiger partial charge in [0.25, 0.3) is 0 Å². The maximum atomic E-state index is 12.5. The molecule has 6 heteroatoms. The third-order valence-electron chi connectivity index (χ3n) is 6.02. The normalized spacial score (nSPS) is 26.3. The molecule has 0 radical (unpaired) electrons. The number of urea groups is 1. The monoisotopic (exact) mass is 342 g/mol. The summed E-state index contributed by atoms with van der Waals surface area (Å²) in [6.45, 7) is 2.83. The van der Waals surface area contributed by atoms with Gasteiger partial charge >= 0.3 is 6.03 Å². The smallest absolute Gasteiger partial charge is 0.312 e. The molecule has 4 aliphatic rings. The highest BCUT2D eigenvalue weighted by molar-refractivity contribution is 5.83. The third kappa shape index (κ3) is 3.35. The number of amides is 3. The molecular formula is C19H26N4O2. The third-order valence-corrected chi connectivity index (χ3v) is 6.02. The summed E-state index contributed by atoms with van der Waals surface area (Å²) in [5, 5.41) is 2.43. The van der Waals surface area contributed by atoms with Gasteiger partial charge in [-0.25, -0.2) is 4.79 Å². The van der Waals surface area contributed by atoms with Crippen molar-refractivity contribution in [2.45, 2.75) is 37.8 Å². The molecule has 1 aromatic carbocycles. The first-order valence-corrected chi connectivity index (χ1v) is 9.23. The Morgan fingerprint density at radius 2 is 1.76 bits per heavy atom. The molecule has 0 saturated carbocycles. The van der Waals surface area contributed by atoms with Gasteiger partial charge in [-0.1, -0.05) is 24.3 Å². The topological polar surface area (TPSA) is 78.7 Å². The quantitative estimate of drug-likeness (QED) is 0.851. The molecule has 0 unspecified atom stereocenters.